The minimum Gasteiger partial charge on any atom is -0.335 e. The lowest BCUT2D eigenvalue weighted by Gasteiger charge is -2.25. The molecule has 3 rings (SSSR count). The summed E-state index contributed by atoms with van der Waals surface area (Å²) < 4.78 is 0. The number of aryl methyl sites for hydroxylation is 2. The zero-order valence-corrected chi connectivity index (χ0v) is 12.6. The zero-order valence-electron chi connectivity index (χ0n) is 12.6. The summed E-state index contributed by atoms with van der Waals surface area (Å²) in [5.41, 5.74) is 3.70. The number of nitrogens with one attached hydrogen (secondary N) is 1. The molecule has 1 aromatic carbocycles. The Bertz CT molecular complexity index is 613. The number of amides is 1. The standard InChI is InChI=1S/C17H21N3O/c1-12-16(13(2)19-18-12)17(21)20-10-6-9-15(20)11-14-7-4-3-5-8-14/h3-5,7-8,15H,6,9-11H2,1-2H3,(H,18,19). The van der Waals surface area contributed by atoms with Gasteiger partial charge in [0.1, 0.15) is 0 Å². The summed E-state index contributed by atoms with van der Waals surface area (Å²) >= 11 is 0. The second kappa shape index (κ2) is 5.72. The number of carbonyl (C=O) groups excluding carboxylic acids is 1. The number of hydrogen-bond acceptors (Lipinski definition) is 2. The van der Waals surface area contributed by atoms with E-state index >= 15 is 0 Å². The van der Waals surface area contributed by atoms with Gasteiger partial charge in [-0.2, -0.15) is 5.10 Å². The van der Waals surface area contributed by atoms with E-state index in [1.54, 1.807) is 0 Å². The summed E-state index contributed by atoms with van der Waals surface area (Å²) in [4.78, 5) is 14.8. The molecule has 4 nitrogen and oxygen atoms in total. The van der Waals surface area contributed by atoms with E-state index in [0.717, 1.165) is 42.8 Å². The van der Waals surface area contributed by atoms with Gasteiger partial charge in [0.2, 0.25) is 0 Å². The Morgan fingerprint density at radius 3 is 2.76 bits per heavy atom. The van der Waals surface area contributed by atoms with Crippen LogP contribution < -0.4 is 0 Å². The largest absolute Gasteiger partial charge is 0.335 e. The first kappa shape index (κ1) is 13.9. The topological polar surface area (TPSA) is 49.0 Å². The van der Waals surface area contributed by atoms with Crippen LogP contribution in [0.25, 0.3) is 0 Å². The molecule has 1 unspecified atom stereocenters. The van der Waals surface area contributed by atoms with Crippen LogP contribution in [0.4, 0.5) is 0 Å². The van der Waals surface area contributed by atoms with Gasteiger partial charge in [0.15, 0.2) is 0 Å². The molecule has 1 atom stereocenters. The molecular weight excluding hydrogens is 262 g/mol. The lowest BCUT2D eigenvalue weighted by Crippen LogP contribution is -2.37. The van der Waals surface area contributed by atoms with Gasteiger partial charge in [0.25, 0.3) is 5.91 Å². The maximum Gasteiger partial charge on any atom is 0.257 e. The summed E-state index contributed by atoms with van der Waals surface area (Å²) in [5, 5.41) is 7.05. The number of aromatic amines is 1. The molecule has 1 fully saturated rings. The van der Waals surface area contributed by atoms with Crippen molar-refractivity contribution < 1.29 is 4.79 Å². The highest BCUT2D eigenvalue weighted by molar-refractivity contribution is 5.96. The predicted molar refractivity (Wildman–Crippen MR) is 82.3 cm³/mol. The second-order valence-corrected chi connectivity index (χ2v) is 5.79. The average Bonchev–Trinajstić information content (AvgIpc) is 3.07. The molecule has 1 saturated heterocycles. The molecular formula is C17H21N3O. The van der Waals surface area contributed by atoms with Crippen LogP contribution in [0.1, 0.15) is 40.2 Å². The number of aromatic nitrogens is 2. The normalized spacial score (nSPS) is 18.2. The van der Waals surface area contributed by atoms with Crippen LogP contribution in [0.3, 0.4) is 0 Å². The van der Waals surface area contributed by atoms with E-state index in [2.05, 4.69) is 34.5 Å². The molecule has 1 N–H and O–H groups in total. The molecule has 0 spiro atoms. The molecule has 1 amide bonds. The zero-order chi connectivity index (χ0) is 14.8. The number of carbonyl (C=O) groups is 1. The molecule has 110 valence electrons. The van der Waals surface area contributed by atoms with Crippen molar-refractivity contribution >= 4 is 5.91 Å². The molecule has 1 aliphatic rings. The van der Waals surface area contributed by atoms with Crippen molar-refractivity contribution in [3.05, 3.63) is 52.8 Å². The maximum atomic E-state index is 12.8. The molecule has 0 saturated carbocycles. The number of nitrogens with zero attached hydrogens (tertiary/aromatic N) is 2. The lowest BCUT2D eigenvalue weighted by molar-refractivity contribution is 0.0735. The van der Waals surface area contributed by atoms with Crippen LogP contribution in [0.2, 0.25) is 0 Å². The molecule has 1 aromatic heterocycles. The number of benzene rings is 1. The Morgan fingerprint density at radius 2 is 2.10 bits per heavy atom. The smallest absolute Gasteiger partial charge is 0.257 e. The fourth-order valence-electron chi connectivity index (χ4n) is 3.21. The summed E-state index contributed by atoms with van der Waals surface area (Å²) in [6.07, 6.45) is 3.10. The van der Waals surface area contributed by atoms with Gasteiger partial charge in [-0.3, -0.25) is 9.89 Å². The van der Waals surface area contributed by atoms with Crippen molar-refractivity contribution in [2.24, 2.45) is 0 Å². The SMILES string of the molecule is Cc1n[nH]c(C)c1C(=O)N1CCCC1Cc1ccccc1. The van der Waals surface area contributed by atoms with Gasteiger partial charge in [0, 0.05) is 18.3 Å². The lowest BCUT2D eigenvalue weighted by atomic mass is 10.0. The number of likely N-dealkylation sites (tertiary alicyclic amines) is 1. The average molecular weight is 283 g/mol. The van der Waals surface area contributed by atoms with Gasteiger partial charge < -0.3 is 4.90 Å². The van der Waals surface area contributed by atoms with Gasteiger partial charge in [-0.25, -0.2) is 0 Å². The minimum atomic E-state index is 0.122. The van der Waals surface area contributed by atoms with Crippen molar-refractivity contribution in [3.63, 3.8) is 0 Å². The third-order valence-electron chi connectivity index (χ3n) is 4.29. The first-order valence-electron chi connectivity index (χ1n) is 7.53. The van der Waals surface area contributed by atoms with Gasteiger partial charge in [-0.1, -0.05) is 30.3 Å². The molecule has 21 heavy (non-hydrogen) atoms. The van der Waals surface area contributed by atoms with Crippen molar-refractivity contribution in [1.82, 2.24) is 15.1 Å². The maximum absolute atomic E-state index is 12.8. The monoisotopic (exact) mass is 283 g/mol. The van der Waals surface area contributed by atoms with E-state index in [4.69, 9.17) is 0 Å². The highest BCUT2D eigenvalue weighted by Gasteiger charge is 2.31. The molecule has 0 aliphatic carbocycles. The van der Waals surface area contributed by atoms with Crippen LogP contribution in [0.15, 0.2) is 30.3 Å². The summed E-state index contributed by atoms with van der Waals surface area (Å²) in [5.74, 6) is 0.122. The number of rotatable bonds is 3. The summed E-state index contributed by atoms with van der Waals surface area (Å²) in [6.45, 7) is 4.65. The van der Waals surface area contributed by atoms with Gasteiger partial charge in [-0.15, -0.1) is 0 Å². The Morgan fingerprint density at radius 1 is 1.33 bits per heavy atom. The Hall–Kier alpha value is -2.10. The van der Waals surface area contributed by atoms with Crippen LogP contribution in [-0.2, 0) is 6.42 Å². The number of H-pyrrole nitrogens is 1. The summed E-state index contributed by atoms with van der Waals surface area (Å²) in [6, 6.07) is 10.7. The van der Waals surface area contributed by atoms with Crippen LogP contribution in [0, 0.1) is 13.8 Å². The Labute approximate surface area is 125 Å². The van der Waals surface area contributed by atoms with Crippen molar-refractivity contribution in [1.29, 1.82) is 0 Å². The highest BCUT2D eigenvalue weighted by Crippen LogP contribution is 2.24. The van der Waals surface area contributed by atoms with E-state index in [9.17, 15) is 4.79 Å². The molecule has 1 aliphatic heterocycles. The fraction of sp³-hybridized carbons (Fsp3) is 0.412. The van der Waals surface area contributed by atoms with E-state index < -0.39 is 0 Å². The van der Waals surface area contributed by atoms with Crippen molar-refractivity contribution in [2.75, 3.05) is 6.54 Å². The summed E-state index contributed by atoms with van der Waals surface area (Å²) in [7, 11) is 0. The molecule has 4 heteroatoms. The molecule has 0 radical (unpaired) electrons. The first-order chi connectivity index (χ1) is 10.2. The van der Waals surface area contributed by atoms with Gasteiger partial charge in [0.05, 0.1) is 11.3 Å². The van der Waals surface area contributed by atoms with E-state index in [-0.39, 0.29) is 5.91 Å². The Balaban J connectivity index is 1.79. The van der Waals surface area contributed by atoms with Crippen LogP contribution in [0.5, 0.6) is 0 Å². The van der Waals surface area contributed by atoms with Crippen molar-refractivity contribution in [2.45, 2.75) is 39.2 Å². The van der Waals surface area contributed by atoms with Crippen LogP contribution >= 0.6 is 0 Å². The third-order valence-corrected chi connectivity index (χ3v) is 4.29. The van der Waals surface area contributed by atoms with E-state index in [1.165, 1.54) is 5.56 Å². The first-order valence-corrected chi connectivity index (χ1v) is 7.53. The quantitative estimate of drug-likeness (QED) is 0.941. The minimum absolute atomic E-state index is 0.122. The van der Waals surface area contributed by atoms with Gasteiger partial charge in [-0.05, 0) is 38.7 Å². The molecule has 0 bridgehead atoms. The Kier molecular flexibility index (Phi) is 3.78. The van der Waals surface area contributed by atoms with Crippen molar-refractivity contribution in [3.8, 4) is 0 Å². The van der Waals surface area contributed by atoms with Gasteiger partial charge >= 0.3 is 0 Å². The predicted octanol–water partition coefficient (Wildman–Crippen LogP) is 2.87. The molecule has 2 heterocycles. The fourth-order valence-corrected chi connectivity index (χ4v) is 3.21. The third kappa shape index (κ3) is 2.71. The molecule has 2 aromatic rings. The van der Waals surface area contributed by atoms with Crippen LogP contribution in [-0.4, -0.2) is 33.6 Å². The second-order valence-electron chi connectivity index (χ2n) is 5.79. The number of hydrogen-bond donors (Lipinski definition) is 1. The highest BCUT2D eigenvalue weighted by atomic mass is 16.2. The van der Waals surface area contributed by atoms with E-state index in [0.29, 0.717) is 6.04 Å². The van der Waals surface area contributed by atoms with E-state index in [1.807, 2.05) is 24.8 Å².